The maximum atomic E-state index is 13.7. The van der Waals surface area contributed by atoms with Gasteiger partial charge < -0.3 is 0 Å². The minimum atomic E-state index is -0.797. The van der Waals surface area contributed by atoms with E-state index in [1.165, 1.54) is 11.6 Å². The minimum Gasteiger partial charge on any atom is -0.293 e. The quantitative estimate of drug-likeness (QED) is 0.795. The zero-order valence-electron chi connectivity index (χ0n) is 12.4. The third kappa shape index (κ3) is 3.42. The summed E-state index contributed by atoms with van der Waals surface area (Å²) in [5, 5.41) is 0. The Morgan fingerprint density at radius 3 is 2.68 bits per heavy atom. The molecule has 0 N–H and O–H groups in total. The molecule has 1 atom stereocenters. The molecule has 1 saturated heterocycles. The van der Waals surface area contributed by atoms with Gasteiger partial charge in [-0.05, 0) is 31.0 Å². The fraction of sp³-hybridized carbons (Fsp3) is 0.263. The number of hydrogen-bond donors (Lipinski definition) is 0. The Kier molecular flexibility index (Phi) is 4.64. The van der Waals surface area contributed by atoms with Gasteiger partial charge in [0.15, 0.2) is 11.6 Å². The van der Waals surface area contributed by atoms with Crippen LogP contribution in [0.15, 0.2) is 54.6 Å². The fourth-order valence-corrected chi connectivity index (χ4v) is 2.95. The largest absolute Gasteiger partial charge is 0.293 e. The summed E-state index contributed by atoms with van der Waals surface area (Å²) < 4.78 is 26.9. The summed E-state index contributed by atoms with van der Waals surface area (Å²) in [4.78, 5) is 2.38. The number of hydrogen-bond acceptors (Lipinski definition) is 1. The molecule has 0 bridgehead atoms. The van der Waals surface area contributed by atoms with Crippen LogP contribution in [0.2, 0.25) is 0 Å². The van der Waals surface area contributed by atoms with Crippen molar-refractivity contribution < 1.29 is 8.78 Å². The highest BCUT2D eigenvalue weighted by atomic mass is 19.2. The van der Waals surface area contributed by atoms with Crippen LogP contribution < -0.4 is 0 Å². The SMILES string of the molecule is Fc1cccc(/C=C/[C@H]2CCCN2Cc2ccccc2)c1F. The Labute approximate surface area is 129 Å². The van der Waals surface area contributed by atoms with Crippen molar-refractivity contribution in [1.29, 1.82) is 0 Å². The van der Waals surface area contributed by atoms with Gasteiger partial charge in [0.2, 0.25) is 0 Å². The zero-order chi connectivity index (χ0) is 15.4. The van der Waals surface area contributed by atoms with E-state index < -0.39 is 11.6 Å². The van der Waals surface area contributed by atoms with Gasteiger partial charge in [0, 0.05) is 18.2 Å². The molecule has 0 radical (unpaired) electrons. The molecule has 114 valence electrons. The van der Waals surface area contributed by atoms with Crippen LogP contribution in [0.4, 0.5) is 8.78 Å². The summed E-state index contributed by atoms with van der Waals surface area (Å²) in [6.07, 6.45) is 5.88. The summed E-state index contributed by atoms with van der Waals surface area (Å²) in [6.45, 7) is 1.93. The number of rotatable bonds is 4. The lowest BCUT2D eigenvalue weighted by molar-refractivity contribution is 0.282. The first kappa shape index (κ1) is 14.9. The minimum absolute atomic E-state index is 0.280. The highest BCUT2D eigenvalue weighted by Crippen LogP contribution is 2.22. The van der Waals surface area contributed by atoms with Crippen LogP contribution in [0.3, 0.4) is 0 Å². The molecule has 3 heteroatoms. The van der Waals surface area contributed by atoms with Gasteiger partial charge in [0.05, 0.1) is 0 Å². The zero-order valence-corrected chi connectivity index (χ0v) is 12.4. The van der Waals surface area contributed by atoms with E-state index in [2.05, 4.69) is 17.0 Å². The van der Waals surface area contributed by atoms with Gasteiger partial charge >= 0.3 is 0 Å². The van der Waals surface area contributed by atoms with Crippen LogP contribution in [-0.4, -0.2) is 17.5 Å². The molecular weight excluding hydrogens is 280 g/mol. The molecule has 0 spiro atoms. The van der Waals surface area contributed by atoms with Crippen LogP contribution >= 0.6 is 0 Å². The van der Waals surface area contributed by atoms with Crippen LogP contribution in [0.5, 0.6) is 0 Å². The average Bonchev–Trinajstić information content (AvgIpc) is 2.97. The lowest BCUT2D eigenvalue weighted by Crippen LogP contribution is -2.27. The molecule has 2 aromatic rings. The van der Waals surface area contributed by atoms with Crippen LogP contribution in [0.25, 0.3) is 6.08 Å². The number of likely N-dealkylation sites (tertiary alicyclic amines) is 1. The number of benzene rings is 2. The van der Waals surface area contributed by atoms with Crippen molar-refractivity contribution in [3.05, 3.63) is 77.4 Å². The summed E-state index contributed by atoms with van der Waals surface area (Å²) in [6, 6.07) is 14.9. The third-order valence-electron chi connectivity index (χ3n) is 4.12. The van der Waals surface area contributed by atoms with Gasteiger partial charge in [-0.15, -0.1) is 0 Å². The molecule has 0 aliphatic carbocycles. The molecule has 1 nitrogen and oxygen atoms in total. The predicted octanol–water partition coefficient (Wildman–Crippen LogP) is 4.64. The second-order valence-corrected chi connectivity index (χ2v) is 5.67. The van der Waals surface area contributed by atoms with Crippen molar-refractivity contribution in [3.8, 4) is 0 Å². The smallest absolute Gasteiger partial charge is 0.166 e. The van der Waals surface area contributed by atoms with E-state index in [1.54, 1.807) is 12.1 Å². The summed E-state index contributed by atoms with van der Waals surface area (Å²) >= 11 is 0. The molecule has 1 aliphatic rings. The van der Waals surface area contributed by atoms with E-state index in [1.807, 2.05) is 24.3 Å². The number of nitrogens with zero attached hydrogens (tertiary/aromatic N) is 1. The second kappa shape index (κ2) is 6.84. The van der Waals surface area contributed by atoms with Gasteiger partial charge in [0.1, 0.15) is 0 Å². The van der Waals surface area contributed by atoms with E-state index in [9.17, 15) is 8.78 Å². The summed E-state index contributed by atoms with van der Waals surface area (Å²) in [7, 11) is 0. The molecule has 0 unspecified atom stereocenters. The van der Waals surface area contributed by atoms with E-state index >= 15 is 0 Å². The molecule has 1 aliphatic heterocycles. The molecule has 22 heavy (non-hydrogen) atoms. The summed E-state index contributed by atoms with van der Waals surface area (Å²) in [5.41, 5.74) is 1.59. The van der Waals surface area contributed by atoms with E-state index in [-0.39, 0.29) is 6.04 Å². The Hall–Kier alpha value is -2.00. The lowest BCUT2D eigenvalue weighted by Gasteiger charge is -2.21. The van der Waals surface area contributed by atoms with Crippen LogP contribution in [0, 0.1) is 11.6 Å². The van der Waals surface area contributed by atoms with Crippen molar-refractivity contribution >= 4 is 6.08 Å². The van der Waals surface area contributed by atoms with Gasteiger partial charge in [-0.3, -0.25) is 4.90 Å². The normalized spacial score (nSPS) is 19.1. The first-order valence-corrected chi connectivity index (χ1v) is 7.64. The maximum absolute atomic E-state index is 13.7. The molecule has 1 fully saturated rings. The van der Waals surface area contributed by atoms with Gasteiger partial charge in [-0.1, -0.05) is 54.6 Å². The highest BCUT2D eigenvalue weighted by Gasteiger charge is 2.22. The Balaban J connectivity index is 1.71. The second-order valence-electron chi connectivity index (χ2n) is 5.67. The Morgan fingerprint density at radius 2 is 1.86 bits per heavy atom. The first-order valence-electron chi connectivity index (χ1n) is 7.64. The molecule has 0 amide bonds. The van der Waals surface area contributed by atoms with Gasteiger partial charge in [0.25, 0.3) is 0 Å². The van der Waals surface area contributed by atoms with Crippen molar-refractivity contribution in [2.45, 2.75) is 25.4 Å². The van der Waals surface area contributed by atoms with Crippen LogP contribution in [0.1, 0.15) is 24.0 Å². The van der Waals surface area contributed by atoms with Crippen molar-refractivity contribution in [3.63, 3.8) is 0 Å². The fourth-order valence-electron chi connectivity index (χ4n) is 2.95. The molecule has 1 heterocycles. The lowest BCUT2D eigenvalue weighted by atomic mass is 10.1. The van der Waals surface area contributed by atoms with Crippen molar-refractivity contribution in [2.24, 2.45) is 0 Å². The average molecular weight is 299 g/mol. The van der Waals surface area contributed by atoms with E-state index in [0.717, 1.165) is 32.0 Å². The highest BCUT2D eigenvalue weighted by molar-refractivity contribution is 5.50. The van der Waals surface area contributed by atoms with Gasteiger partial charge in [-0.2, -0.15) is 0 Å². The molecule has 0 saturated carbocycles. The first-order chi connectivity index (χ1) is 10.7. The van der Waals surface area contributed by atoms with Crippen molar-refractivity contribution in [2.75, 3.05) is 6.54 Å². The standard InChI is InChI=1S/C19H19F2N/c20-18-10-4-8-16(19(18)21)11-12-17-9-5-13-22(17)14-15-6-2-1-3-7-15/h1-4,6-8,10-12,17H,5,9,13-14H2/b12-11+/t17-/m1/s1. The van der Waals surface area contributed by atoms with Crippen LogP contribution in [-0.2, 0) is 6.54 Å². The predicted molar refractivity (Wildman–Crippen MR) is 85.3 cm³/mol. The van der Waals surface area contributed by atoms with Gasteiger partial charge in [-0.25, -0.2) is 8.78 Å². The third-order valence-corrected chi connectivity index (χ3v) is 4.12. The summed E-state index contributed by atoms with van der Waals surface area (Å²) in [5.74, 6) is -1.57. The van der Waals surface area contributed by atoms with E-state index in [4.69, 9.17) is 0 Å². The maximum Gasteiger partial charge on any atom is 0.166 e. The molecule has 3 rings (SSSR count). The van der Waals surface area contributed by atoms with E-state index in [0.29, 0.717) is 5.56 Å². The topological polar surface area (TPSA) is 3.24 Å². The molecular formula is C19H19F2N. The number of halogens is 2. The monoisotopic (exact) mass is 299 g/mol. The molecule has 2 aromatic carbocycles. The Morgan fingerprint density at radius 1 is 1.05 bits per heavy atom. The van der Waals surface area contributed by atoms with Crippen molar-refractivity contribution in [1.82, 2.24) is 4.90 Å². The Bertz CT molecular complexity index is 652. The molecule has 0 aromatic heterocycles.